The number of methoxy groups -OCH3 is 1. The molecule has 1 aromatic rings. The van der Waals surface area contributed by atoms with Crippen LogP contribution in [-0.4, -0.2) is 7.11 Å². The first-order valence-electron chi connectivity index (χ1n) is 6.16. The molecule has 0 aromatic heterocycles. The second-order valence-electron chi connectivity index (χ2n) is 5.89. The van der Waals surface area contributed by atoms with E-state index in [4.69, 9.17) is 4.74 Å². The lowest BCUT2D eigenvalue weighted by Crippen LogP contribution is -2.01. The Hall–Kier alpha value is -0.500. The number of rotatable bonds is 3. The molecule has 2 unspecified atom stereocenters. The van der Waals surface area contributed by atoms with Crippen molar-refractivity contribution in [2.75, 3.05) is 7.11 Å². The smallest absolute Gasteiger partial charge is 0.124 e. The van der Waals surface area contributed by atoms with Crippen LogP contribution in [0.4, 0.5) is 0 Å². The third-order valence-electron chi connectivity index (χ3n) is 3.95. The van der Waals surface area contributed by atoms with Crippen molar-refractivity contribution < 1.29 is 4.74 Å². The fourth-order valence-electron chi connectivity index (χ4n) is 2.70. The number of benzene rings is 1. The van der Waals surface area contributed by atoms with Gasteiger partial charge in [-0.2, -0.15) is 0 Å². The summed E-state index contributed by atoms with van der Waals surface area (Å²) in [6.07, 6.45) is 1.31. The van der Waals surface area contributed by atoms with E-state index < -0.39 is 0 Å². The van der Waals surface area contributed by atoms with E-state index in [1.165, 1.54) is 23.1 Å². The Labute approximate surface area is 113 Å². The lowest BCUT2D eigenvalue weighted by molar-refractivity contribution is 0.408. The van der Waals surface area contributed by atoms with Crippen molar-refractivity contribution in [2.45, 2.75) is 38.9 Å². The summed E-state index contributed by atoms with van der Waals surface area (Å²) >= 11 is 3.86. The maximum absolute atomic E-state index is 5.41. The second kappa shape index (κ2) is 4.31. The first-order valence-corrected chi connectivity index (χ1v) is 7.07. The topological polar surface area (TPSA) is 9.23 Å². The largest absolute Gasteiger partial charge is 0.496 e. The molecule has 94 valence electrons. The molecule has 0 heterocycles. The van der Waals surface area contributed by atoms with Gasteiger partial charge in [0.25, 0.3) is 0 Å². The maximum atomic E-state index is 5.41. The van der Waals surface area contributed by atoms with Crippen LogP contribution >= 0.6 is 15.9 Å². The minimum absolute atomic E-state index is 0.473. The molecule has 0 N–H and O–H groups in total. The van der Waals surface area contributed by atoms with Crippen LogP contribution in [0.5, 0.6) is 5.75 Å². The summed E-state index contributed by atoms with van der Waals surface area (Å²) in [5.41, 5.74) is 4.34. The molecule has 2 rings (SSSR count). The standard InChI is InChI=1S/C15H21BrO/c1-9-6-11(7-10(2)14(9)17-5)13(16)12-8-15(12,3)4/h6-7,12-13H,8H2,1-5H3. The molecule has 0 amide bonds. The molecule has 1 nitrogen and oxygen atoms in total. The van der Waals surface area contributed by atoms with Gasteiger partial charge >= 0.3 is 0 Å². The number of hydrogen-bond donors (Lipinski definition) is 0. The normalized spacial score (nSPS) is 23.3. The SMILES string of the molecule is COc1c(C)cc(C(Br)C2CC2(C)C)cc1C. The Kier molecular flexibility index (Phi) is 3.28. The second-order valence-corrected chi connectivity index (χ2v) is 6.88. The monoisotopic (exact) mass is 296 g/mol. The zero-order chi connectivity index (χ0) is 12.8. The lowest BCUT2D eigenvalue weighted by atomic mass is 9.98. The fraction of sp³-hybridized carbons (Fsp3) is 0.600. The Morgan fingerprint density at radius 1 is 1.29 bits per heavy atom. The van der Waals surface area contributed by atoms with E-state index in [-0.39, 0.29) is 0 Å². The van der Waals surface area contributed by atoms with Crippen molar-refractivity contribution in [3.63, 3.8) is 0 Å². The molecular weight excluding hydrogens is 276 g/mol. The first-order chi connectivity index (χ1) is 7.86. The van der Waals surface area contributed by atoms with Gasteiger partial charge < -0.3 is 4.74 Å². The molecule has 1 aromatic carbocycles. The molecule has 1 saturated carbocycles. The van der Waals surface area contributed by atoms with Crippen LogP contribution in [-0.2, 0) is 0 Å². The van der Waals surface area contributed by atoms with Crippen molar-refractivity contribution >= 4 is 15.9 Å². The van der Waals surface area contributed by atoms with E-state index in [2.05, 4.69) is 55.8 Å². The van der Waals surface area contributed by atoms with Crippen LogP contribution in [0.25, 0.3) is 0 Å². The summed E-state index contributed by atoms with van der Waals surface area (Å²) in [6.45, 7) is 8.92. The van der Waals surface area contributed by atoms with Crippen LogP contribution in [0.15, 0.2) is 12.1 Å². The predicted molar refractivity (Wildman–Crippen MR) is 76.0 cm³/mol. The van der Waals surface area contributed by atoms with Gasteiger partial charge in [0.1, 0.15) is 5.75 Å². The minimum atomic E-state index is 0.473. The quantitative estimate of drug-likeness (QED) is 0.729. The van der Waals surface area contributed by atoms with Crippen LogP contribution in [0.3, 0.4) is 0 Å². The summed E-state index contributed by atoms with van der Waals surface area (Å²) in [7, 11) is 1.74. The highest BCUT2D eigenvalue weighted by atomic mass is 79.9. The van der Waals surface area contributed by atoms with E-state index in [1.54, 1.807) is 7.11 Å². The number of ether oxygens (including phenoxy) is 1. The van der Waals surface area contributed by atoms with Crippen molar-refractivity contribution in [2.24, 2.45) is 11.3 Å². The van der Waals surface area contributed by atoms with Crippen molar-refractivity contribution in [1.29, 1.82) is 0 Å². The predicted octanol–water partition coefficient (Wildman–Crippen LogP) is 4.79. The zero-order valence-corrected chi connectivity index (χ0v) is 12.9. The van der Waals surface area contributed by atoms with Crippen molar-refractivity contribution in [3.05, 3.63) is 28.8 Å². The van der Waals surface area contributed by atoms with Crippen LogP contribution in [0, 0.1) is 25.2 Å². The van der Waals surface area contributed by atoms with Gasteiger partial charge in [-0.1, -0.05) is 41.9 Å². The van der Waals surface area contributed by atoms with Crippen LogP contribution < -0.4 is 4.74 Å². The average Bonchev–Trinajstić information content (AvgIpc) is 2.86. The highest BCUT2D eigenvalue weighted by Crippen LogP contribution is 2.60. The molecule has 1 aliphatic carbocycles. The summed E-state index contributed by atoms with van der Waals surface area (Å²) in [5, 5.41) is 0. The molecule has 0 radical (unpaired) electrons. The molecule has 0 bridgehead atoms. The Morgan fingerprint density at radius 2 is 1.76 bits per heavy atom. The van der Waals surface area contributed by atoms with Gasteiger partial charge in [-0.25, -0.2) is 0 Å². The van der Waals surface area contributed by atoms with Gasteiger partial charge in [-0.3, -0.25) is 0 Å². The number of aryl methyl sites for hydroxylation is 2. The zero-order valence-electron chi connectivity index (χ0n) is 11.3. The molecule has 17 heavy (non-hydrogen) atoms. The molecule has 2 atom stereocenters. The van der Waals surface area contributed by atoms with Gasteiger partial charge in [-0.15, -0.1) is 0 Å². The molecule has 1 fully saturated rings. The molecule has 2 heteroatoms. The summed E-state index contributed by atoms with van der Waals surface area (Å²) < 4.78 is 5.41. The van der Waals surface area contributed by atoms with Crippen LogP contribution in [0.1, 0.15) is 41.8 Å². The minimum Gasteiger partial charge on any atom is -0.496 e. The van der Waals surface area contributed by atoms with Crippen molar-refractivity contribution in [1.82, 2.24) is 0 Å². The van der Waals surface area contributed by atoms with Crippen molar-refractivity contribution in [3.8, 4) is 5.75 Å². The Balaban J connectivity index is 2.28. The molecule has 0 aliphatic heterocycles. The van der Waals surface area contributed by atoms with E-state index in [1.807, 2.05) is 0 Å². The summed E-state index contributed by atoms with van der Waals surface area (Å²) in [6, 6.07) is 4.50. The summed E-state index contributed by atoms with van der Waals surface area (Å²) in [4.78, 5) is 0.473. The third kappa shape index (κ3) is 2.37. The Morgan fingerprint density at radius 3 is 2.12 bits per heavy atom. The highest BCUT2D eigenvalue weighted by molar-refractivity contribution is 9.09. The van der Waals surface area contributed by atoms with Crippen LogP contribution in [0.2, 0.25) is 0 Å². The van der Waals surface area contributed by atoms with Gasteiger partial charge in [0.15, 0.2) is 0 Å². The number of halogens is 1. The van der Waals surface area contributed by atoms with E-state index in [9.17, 15) is 0 Å². The summed E-state index contributed by atoms with van der Waals surface area (Å²) in [5.74, 6) is 1.78. The molecular formula is C15H21BrO. The number of alkyl halides is 1. The van der Waals surface area contributed by atoms with Gasteiger partial charge in [0, 0.05) is 4.83 Å². The van der Waals surface area contributed by atoms with Gasteiger partial charge in [0.2, 0.25) is 0 Å². The van der Waals surface area contributed by atoms with Gasteiger partial charge in [-0.05, 0) is 48.3 Å². The van der Waals surface area contributed by atoms with E-state index in [0.29, 0.717) is 10.2 Å². The Bertz CT molecular complexity index is 414. The molecule has 0 spiro atoms. The van der Waals surface area contributed by atoms with Gasteiger partial charge in [0.05, 0.1) is 7.11 Å². The van der Waals surface area contributed by atoms with E-state index >= 15 is 0 Å². The average molecular weight is 297 g/mol. The lowest BCUT2D eigenvalue weighted by Gasteiger charge is -2.16. The first kappa shape index (κ1) is 12.9. The fourth-order valence-corrected chi connectivity index (χ4v) is 3.87. The molecule has 1 aliphatic rings. The number of hydrogen-bond acceptors (Lipinski definition) is 1. The molecule has 0 saturated heterocycles. The highest BCUT2D eigenvalue weighted by Gasteiger charge is 2.49. The third-order valence-corrected chi connectivity index (χ3v) is 5.11. The maximum Gasteiger partial charge on any atom is 0.124 e. The van der Waals surface area contributed by atoms with E-state index in [0.717, 1.165) is 11.7 Å².